The number of fused-ring (bicyclic) bond motifs is 1. The molecule has 2 unspecified atom stereocenters. The predicted molar refractivity (Wildman–Crippen MR) is 99.1 cm³/mol. The van der Waals surface area contributed by atoms with Crippen LogP contribution < -0.4 is 10.6 Å². The summed E-state index contributed by atoms with van der Waals surface area (Å²) in [6.07, 6.45) is 0.503. The topological polar surface area (TPSA) is 78.4 Å². The van der Waals surface area contributed by atoms with Gasteiger partial charge in [0.25, 0.3) is 0 Å². The Bertz CT molecular complexity index is 724. The minimum atomic E-state index is -0.569. The van der Waals surface area contributed by atoms with Crippen LogP contribution in [0.15, 0.2) is 42.5 Å². The fraction of sp³-hybridized carbons (Fsp3) is 0.400. The second-order valence-electron chi connectivity index (χ2n) is 6.35. The lowest BCUT2D eigenvalue weighted by molar-refractivity contribution is -0.126. The van der Waals surface area contributed by atoms with Crippen LogP contribution in [0.25, 0.3) is 10.8 Å². The lowest BCUT2D eigenvalue weighted by Crippen LogP contribution is -2.41. The van der Waals surface area contributed by atoms with Crippen molar-refractivity contribution in [1.29, 1.82) is 0 Å². The van der Waals surface area contributed by atoms with E-state index < -0.39 is 6.10 Å². The summed E-state index contributed by atoms with van der Waals surface area (Å²) < 4.78 is 0. The number of hydrogen-bond acceptors (Lipinski definition) is 3. The van der Waals surface area contributed by atoms with Crippen molar-refractivity contribution in [1.82, 2.24) is 10.6 Å². The first kappa shape index (κ1) is 18.9. The summed E-state index contributed by atoms with van der Waals surface area (Å²) in [6.45, 7) is 4.04. The standard InChI is InChI=1S/C20H26N2O3/c1-3-14(2)18(23)12-21-20(25)13-22-19(24)11-16-9-6-8-15-7-4-5-10-17(15)16/h4-10,14,18,23H,3,11-13H2,1-2H3,(H,21,25)(H,22,24). The zero-order valence-corrected chi connectivity index (χ0v) is 14.8. The number of amides is 2. The van der Waals surface area contributed by atoms with Gasteiger partial charge in [-0.15, -0.1) is 0 Å². The van der Waals surface area contributed by atoms with Crippen LogP contribution in [0.4, 0.5) is 0 Å². The Balaban J connectivity index is 1.81. The number of carbonyl (C=O) groups is 2. The maximum atomic E-state index is 12.1. The number of aliphatic hydroxyl groups excluding tert-OH is 1. The van der Waals surface area contributed by atoms with Crippen LogP contribution in [0.1, 0.15) is 25.8 Å². The smallest absolute Gasteiger partial charge is 0.239 e. The van der Waals surface area contributed by atoms with Gasteiger partial charge in [0.1, 0.15) is 0 Å². The summed E-state index contributed by atoms with van der Waals surface area (Å²) >= 11 is 0. The number of aliphatic hydroxyl groups is 1. The van der Waals surface area contributed by atoms with Crippen molar-refractivity contribution < 1.29 is 14.7 Å². The molecule has 0 saturated carbocycles. The fourth-order valence-electron chi connectivity index (χ4n) is 2.62. The highest BCUT2D eigenvalue weighted by molar-refractivity contribution is 5.91. The van der Waals surface area contributed by atoms with E-state index in [2.05, 4.69) is 10.6 Å². The molecular formula is C20H26N2O3. The summed E-state index contributed by atoms with van der Waals surface area (Å²) in [5.74, 6) is -0.371. The van der Waals surface area contributed by atoms with Crippen LogP contribution in [0.5, 0.6) is 0 Å². The molecule has 25 heavy (non-hydrogen) atoms. The normalized spacial score (nSPS) is 13.2. The highest BCUT2D eigenvalue weighted by Gasteiger charge is 2.14. The predicted octanol–water partition coefficient (Wildman–Crippen LogP) is 2.02. The average molecular weight is 342 g/mol. The zero-order valence-electron chi connectivity index (χ0n) is 14.8. The molecule has 2 rings (SSSR count). The lowest BCUT2D eigenvalue weighted by Gasteiger charge is -2.17. The van der Waals surface area contributed by atoms with Crippen molar-refractivity contribution in [3.05, 3.63) is 48.0 Å². The van der Waals surface area contributed by atoms with Crippen molar-refractivity contribution in [3.8, 4) is 0 Å². The van der Waals surface area contributed by atoms with E-state index in [1.807, 2.05) is 56.3 Å². The second kappa shape index (κ2) is 9.18. The maximum Gasteiger partial charge on any atom is 0.239 e. The molecule has 0 bridgehead atoms. The number of carbonyl (C=O) groups excluding carboxylic acids is 2. The second-order valence-corrected chi connectivity index (χ2v) is 6.35. The van der Waals surface area contributed by atoms with Gasteiger partial charge >= 0.3 is 0 Å². The third-order valence-electron chi connectivity index (χ3n) is 4.49. The molecule has 0 aliphatic heterocycles. The summed E-state index contributed by atoms with van der Waals surface area (Å²) in [5.41, 5.74) is 0.934. The molecule has 0 spiro atoms. The van der Waals surface area contributed by atoms with Crippen LogP contribution in [0.3, 0.4) is 0 Å². The quantitative estimate of drug-likeness (QED) is 0.687. The van der Waals surface area contributed by atoms with Crippen molar-refractivity contribution in [2.75, 3.05) is 13.1 Å². The molecule has 2 aromatic rings. The van der Waals surface area contributed by atoms with Crippen LogP contribution in [-0.2, 0) is 16.0 Å². The fourth-order valence-corrected chi connectivity index (χ4v) is 2.62. The van der Waals surface area contributed by atoms with Crippen molar-refractivity contribution in [2.45, 2.75) is 32.8 Å². The molecule has 2 atom stereocenters. The number of rotatable bonds is 8. The molecular weight excluding hydrogens is 316 g/mol. The van der Waals surface area contributed by atoms with E-state index in [1.54, 1.807) is 0 Å². The highest BCUT2D eigenvalue weighted by Crippen LogP contribution is 2.18. The van der Waals surface area contributed by atoms with E-state index in [-0.39, 0.29) is 37.2 Å². The molecule has 0 radical (unpaired) electrons. The van der Waals surface area contributed by atoms with Gasteiger partial charge in [0.05, 0.1) is 19.1 Å². The average Bonchev–Trinajstić information content (AvgIpc) is 2.64. The van der Waals surface area contributed by atoms with Gasteiger partial charge < -0.3 is 15.7 Å². The molecule has 5 heteroatoms. The molecule has 0 fully saturated rings. The van der Waals surface area contributed by atoms with Crippen molar-refractivity contribution in [3.63, 3.8) is 0 Å². The minimum absolute atomic E-state index is 0.0865. The first-order valence-electron chi connectivity index (χ1n) is 8.69. The van der Waals surface area contributed by atoms with E-state index in [0.29, 0.717) is 0 Å². The van der Waals surface area contributed by atoms with Crippen LogP contribution in [-0.4, -0.2) is 36.1 Å². The third kappa shape index (κ3) is 5.57. The number of nitrogens with one attached hydrogen (secondary N) is 2. The van der Waals surface area contributed by atoms with Crippen LogP contribution in [0.2, 0.25) is 0 Å². The van der Waals surface area contributed by atoms with E-state index in [1.165, 1.54) is 0 Å². The first-order valence-corrected chi connectivity index (χ1v) is 8.69. The Hall–Kier alpha value is -2.40. The summed E-state index contributed by atoms with van der Waals surface area (Å²) in [5, 5.41) is 17.2. The van der Waals surface area contributed by atoms with Gasteiger partial charge in [0, 0.05) is 6.54 Å². The van der Waals surface area contributed by atoms with Crippen LogP contribution in [0, 0.1) is 5.92 Å². The number of hydrogen-bond donors (Lipinski definition) is 3. The van der Waals surface area contributed by atoms with E-state index in [9.17, 15) is 14.7 Å². The molecule has 3 N–H and O–H groups in total. The highest BCUT2D eigenvalue weighted by atomic mass is 16.3. The van der Waals surface area contributed by atoms with Gasteiger partial charge in [-0.05, 0) is 22.3 Å². The Morgan fingerprint density at radius 2 is 1.76 bits per heavy atom. The summed E-state index contributed by atoms with van der Waals surface area (Å²) in [7, 11) is 0. The summed E-state index contributed by atoms with van der Waals surface area (Å²) in [4.78, 5) is 23.9. The molecule has 0 saturated heterocycles. The molecule has 134 valence electrons. The van der Waals surface area contributed by atoms with Crippen molar-refractivity contribution >= 4 is 22.6 Å². The largest absolute Gasteiger partial charge is 0.391 e. The van der Waals surface area contributed by atoms with Gasteiger partial charge in [0.15, 0.2) is 0 Å². The molecule has 0 aliphatic rings. The minimum Gasteiger partial charge on any atom is -0.391 e. The zero-order chi connectivity index (χ0) is 18.2. The molecule has 0 aromatic heterocycles. The van der Waals surface area contributed by atoms with Gasteiger partial charge in [0.2, 0.25) is 11.8 Å². The molecule has 0 aliphatic carbocycles. The van der Waals surface area contributed by atoms with Gasteiger partial charge in [-0.25, -0.2) is 0 Å². The van der Waals surface area contributed by atoms with E-state index in [4.69, 9.17) is 0 Å². The Morgan fingerprint density at radius 1 is 1.04 bits per heavy atom. The number of benzene rings is 2. The third-order valence-corrected chi connectivity index (χ3v) is 4.49. The Kier molecular flexibility index (Phi) is 6.95. The first-order chi connectivity index (χ1) is 12.0. The molecule has 2 amide bonds. The Labute approximate surface area is 148 Å². The van der Waals surface area contributed by atoms with Crippen molar-refractivity contribution in [2.24, 2.45) is 5.92 Å². The summed E-state index contributed by atoms with van der Waals surface area (Å²) in [6, 6.07) is 13.8. The van der Waals surface area contributed by atoms with Gasteiger partial charge in [-0.2, -0.15) is 0 Å². The molecule has 2 aromatic carbocycles. The SMILES string of the molecule is CCC(C)C(O)CNC(=O)CNC(=O)Cc1cccc2ccccc12. The van der Waals surface area contributed by atoms with Gasteiger partial charge in [-0.1, -0.05) is 62.7 Å². The van der Waals surface area contributed by atoms with E-state index >= 15 is 0 Å². The molecule has 5 nitrogen and oxygen atoms in total. The molecule has 0 heterocycles. The van der Waals surface area contributed by atoms with E-state index in [0.717, 1.165) is 22.8 Å². The lowest BCUT2D eigenvalue weighted by atomic mass is 10.0. The van der Waals surface area contributed by atoms with Gasteiger partial charge in [-0.3, -0.25) is 9.59 Å². The monoisotopic (exact) mass is 342 g/mol. The Morgan fingerprint density at radius 3 is 2.52 bits per heavy atom. The maximum absolute atomic E-state index is 12.1. The van der Waals surface area contributed by atoms with Crippen LogP contribution >= 0.6 is 0 Å².